The van der Waals surface area contributed by atoms with Gasteiger partial charge in [-0.3, -0.25) is 19.1 Å². The van der Waals surface area contributed by atoms with Gasteiger partial charge >= 0.3 is 0 Å². The molecule has 1 aliphatic heterocycles. The summed E-state index contributed by atoms with van der Waals surface area (Å²) in [4.78, 5) is 33.5. The Hall–Kier alpha value is -2.73. The number of aliphatic hydroxyl groups is 3. The highest BCUT2D eigenvalue weighted by Gasteiger charge is 2.46. The Labute approximate surface area is 173 Å². The third-order valence-corrected chi connectivity index (χ3v) is 4.33. The average molecular weight is 428 g/mol. The third kappa shape index (κ3) is 6.13. The van der Waals surface area contributed by atoms with Crippen LogP contribution in [0.15, 0.2) is 18.2 Å². The van der Waals surface area contributed by atoms with Crippen molar-refractivity contribution < 1.29 is 50.0 Å². The first-order valence-corrected chi connectivity index (χ1v) is 9.28. The summed E-state index contributed by atoms with van der Waals surface area (Å²) in [6.45, 7) is 1.72. The summed E-state index contributed by atoms with van der Waals surface area (Å²) in [7, 11) is 0. The van der Waals surface area contributed by atoms with Crippen molar-refractivity contribution in [1.29, 1.82) is 0 Å². The zero-order chi connectivity index (χ0) is 23.0. The van der Waals surface area contributed by atoms with Gasteiger partial charge in [-0.1, -0.05) is 19.4 Å². The Bertz CT molecular complexity index is 776. The van der Waals surface area contributed by atoms with Crippen LogP contribution in [0.25, 0.3) is 0 Å². The van der Waals surface area contributed by atoms with Gasteiger partial charge in [0.05, 0.1) is 5.69 Å². The fourth-order valence-electron chi connectivity index (χ4n) is 2.74. The lowest BCUT2D eigenvalue weighted by Crippen LogP contribution is -2.59. The molecule has 0 saturated carbocycles. The van der Waals surface area contributed by atoms with Crippen molar-refractivity contribution in [1.82, 2.24) is 0 Å². The normalized spacial score (nSPS) is 26.3. The number of unbranched alkanes of at least 4 members (excludes halogenated alkanes) is 1. The van der Waals surface area contributed by atoms with E-state index < -0.39 is 37.3 Å². The second-order valence-corrected chi connectivity index (χ2v) is 6.55. The minimum absolute atomic E-state index is 0.0110. The molecule has 1 fully saturated rings. The predicted molar refractivity (Wildman–Crippen MR) is 99.9 cm³/mol. The van der Waals surface area contributed by atoms with Crippen LogP contribution in [0.4, 0.5) is 5.69 Å². The zero-order valence-corrected chi connectivity index (χ0v) is 16.2. The predicted octanol–water partition coefficient (Wildman–Crippen LogP) is -0.195. The summed E-state index contributed by atoms with van der Waals surface area (Å²) >= 11 is 0. The van der Waals surface area contributed by atoms with E-state index in [0.29, 0.717) is 12.0 Å². The van der Waals surface area contributed by atoms with Gasteiger partial charge in [0.25, 0.3) is 12.9 Å². The van der Waals surface area contributed by atoms with Crippen LogP contribution in [0.3, 0.4) is 0 Å². The number of hydrogen-bond donors (Lipinski definition) is 4. The fraction of sp³-hybridized carbons (Fsp3) is 0.526. The summed E-state index contributed by atoms with van der Waals surface area (Å²) < 4.78 is 26.8. The molecule has 11 nitrogen and oxygen atoms in total. The number of rotatable bonds is 10. The topological polar surface area (TPSA) is 161 Å². The van der Waals surface area contributed by atoms with Gasteiger partial charge in [0.15, 0.2) is 1.37 Å². The molecular formula is C19H25NO10. The molecule has 5 atom stereocenters. The van der Waals surface area contributed by atoms with Crippen LogP contribution in [0.1, 0.15) is 33.1 Å². The van der Waals surface area contributed by atoms with Gasteiger partial charge in [-0.15, -0.1) is 0 Å². The van der Waals surface area contributed by atoms with E-state index in [1.807, 2.05) is 6.92 Å². The molecule has 5 unspecified atom stereocenters. The van der Waals surface area contributed by atoms with E-state index in [1.165, 1.54) is 18.2 Å². The maximum atomic E-state index is 12.2. The minimum Gasteiger partial charge on any atom is -0.463 e. The maximum absolute atomic E-state index is 12.2. The highest BCUT2D eigenvalue weighted by molar-refractivity contribution is 5.92. The van der Waals surface area contributed by atoms with Gasteiger partial charge in [-0.25, -0.2) is 0 Å². The molecule has 1 heterocycles. The molecule has 1 aromatic carbocycles. The number of hydrogen-bond acceptors (Lipinski definition) is 10. The van der Waals surface area contributed by atoms with Crippen LogP contribution < -0.4 is 10.1 Å². The number of nitrogens with one attached hydrogen (secondary N) is 1. The highest BCUT2D eigenvalue weighted by Crippen LogP contribution is 2.31. The molecule has 0 aliphatic carbocycles. The van der Waals surface area contributed by atoms with Gasteiger partial charge in [0.2, 0.25) is 18.5 Å². The van der Waals surface area contributed by atoms with E-state index in [9.17, 15) is 29.7 Å². The Kier molecular flexibility index (Phi) is 8.39. The first kappa shape index (κ1) is 22.0. The molecule has 0 radical (unpaired) electrons. The number of aliphatic hydroxyl groups excluding tert-OH is 3. The smallest absolute Gasteiger partial charge is 0.295 e. The molecule has 11 heteroatoms. The van der Waals surface area contributed by atoms with Crippen LogP contribution in [0, 0.1) is 0 Å². The largest absolute Gasteiger partial charge is 0.463 e. The number of carbonyl (C=O) groups is 3. The summed E-state index contributed by atoms with van der Waals surface area (Å²) in [6, 6.07) is 4.33. The fourth-order valence-corrected chi connectivity index (χ4v) is 2.74. The number of ether oxygens (including phenoxy) is 4. The lowest BCUT2D eigenvalue weighted by atomic mass is 10.0. The standard InChI is InChI=1S/C19H25NO10/c1-2-3-4-14(23)20-12-7-11(8-27-9-21)5-6-13(12)29-19-17(26)15(24)16(25)18(30-19)28-10-22/h5-7,9-10,15-19,24-26H,2-4,8H2,1H3,(H,20,23)/i9D. The number of benzene rings is 1. The second kappa shape index (κ2) is 11.5. The van der Waals surface area contributed by atoms with Crippen molar-refractivity contribution in [3.05, 3.63) is 23.8 Å². The van der Waals surface area contributed by atoms with Crippen molar-refractivity contribution in [2.45, 2.75) is 63.7 Å². The molecule has 4 N–H and O–H groups in total. The molecule has 0 aromatic heterocycles. The van der Waals surface area contributed by atoms with Gasteiger partial charge in [0.1, 0.15) is 30.7 Å². The summed E-state index contributed by atoms with van der Waals surface area (Å²) in [5.74, 6) is -0.285. The van der Waals surface area contributed by atoms with E-state index in [1.54, 1.807) is 0 Å². The van der Waals surface area contributed by atoms with E-state index in [2.05, 4.69) is 14.8 Å². The maximum Gasteiger partial charge on any atom is 0.295 e. The first-order chi connectivity index (χ1) is 14.8. The number of amides is 1. The van der Waals surface area contributed by atoms with Crippen LogP contribution in [-0.4, -0.2) is 65.0 Å². The van der Waals surface area contributed by atoms with Gasteiger partial charge in [0, 0.05) is 6.42 Å². The summed E-state index contributed by atoms with van der Waals surface area (Å²) in [6.07, 6.45) is -7.79. The number of anilines is 1. The third-order valence-electron chi connectivity index (χ3n) is 4.33. The van der Waals surface area contributed by atoms with Crippen LogP contribution in [-0.2, 0) is 35.2 Å². The summed E-state index contributed by atoms with van der Waals surface area (Å²) in [5, 5.41) is 32.6. The Morgan fingerprint density at radius 2 is 1.97 bits per heavy atom. The first-order valence-electron chi connectivity index (χ1n) is 9.78. The molecule has 166 valence electrons. The highest BCUT2D eigenvalue weighted by atomic mass is 16.8. The molecular weight excluding hydrogens is 402 g/mol. The van der Waals surface area contributed by atoms with Crippen LogP contribution >= 0.6 is 0 Å². The van der Waals surface area contributed by atoms with Gasteiger partial charge in [-0.05, 0) is 24.1 Å². The van der Waals surface area contributed by atoms with E-state index in [-0.39, 0.29) is 36.8 Å². The monoisotopic (exact) mass is 428 g/mol. The Morgan fingerprint density at radius 3 is 2.63 bits per heavy atom. The zero-order valence-electron chi connectivity index (χ0n) is 17.2. The summed E-state index contributed by atoms with van der Waals surface area (Å²) in [5.41, 5.74) is 0.602. The van der Waals surface area contributed by atoms with Crippen molar-refractivity contribution >= 4 is 24.5 Å². The second-order valence-electron chi connectivity index (χ2n) is 6.55. The molecule has 1 saturated heterocycles. The van der Waals surface area contributed by atoms with Crippen molar-refractivity contribution in [2.75, 3.05) is 5.32 Å². The lowest BCUT2D eigenvalue weighted by molar-refractivity contribution is -0.321. The van der Waals surface area contributed by atoms with Gasteiger partial charge in [-0.2, -0.15) is 0 Å². The molecule has 0 spiro atoms. The molecule has 1 aliphatic rings. The van der Waals surface area contributed by atoms with Crippen LogP contribution in [0.2, 0.25) is 0 Å². The molecule has 2 rings (SSSR count). The minimum atomic E-state index is -1.73. The Balaban J connectivity index is 2.24. The van der Waals surface area contributed by atoms with Crippen LogP contribution in [0.5, 0.6) is 5.75 Å². The molecule has 30 heavy (non-hydrogen) atoms. The van der Waals surface area contributed by atoms with E-state index in [0.717, 1.165) is 6.42 Å². The van der Waals surface area contributed by atoms with Crippen molar-refractivity contribution in [3.8, 4) is 5.75 Å². The van der Waals surface area contributed by atoms with E-state index in [4.69, 9.17) is 10.8 Å². The quantitative estimate of drug-likeness (QED) is 0.368. The molecule has 0 bridgehead atoms. The molecule has 1 aromatic rings. The Morgan fingerprint density at radius 1 is 1.23 bits per heavy atom. The SMILES string of the molecule is [2H]C(=O)OCc1ccc(OC2OC(OC=O)C(O)C(O)C2O)c(NC(=O)CCCC)c1. The number of carbonyl (C=O) groups excluding carboxylic acids is 3. The van der Waals surface area contributed by atoms with E-state index >= 15 is 0 Å². The lowest BCUT2D eigenvalue weighted by Gasteiger charge is -2.39. The average Bonchev–Trinajstić information content (AvgIpc) is 2.74. The van der Waals surface area contributed by atoms with Crippen molar-refractivity contribution in [2.24, 2.45) is 0 Å². The molecule has 1 amide bonds. The van der Waals surface area contributed by atoms with Crippen molar-refractivity contribution in [3.63, 3.8) is 0 Å². The van der Waals surface area contributed by atoms with Gasteiger partial charge < -0.3 is 34.8 Å².